The van der Waals surface area contributed by atoms with E-state index in [-0.39, 0.29) is 6.61 Å². The first-order valence-corrected chi connectivity index (χ1v) is 6.36. The van der Waals surface area contributed by atoms with Crippen LogP contribution in [0.3, 0.4) is 0 Å². The lowest BCUT2D eigenvalue weighted by molar-refractivity contribution is 0.0514. The standard InChI is InChI=1S/C14H21NO2/c16-9-10-17-12-14-7-4-8-15(14)11-13-5-2-1-3-6-13/h1-3,5-6,14,16H,4,7-12H2/t14-/m0/s1. The second-order valence-electron chi connectivity index (χ2n) is 4.55. The largest absolute Gasteiger partial charge is 0.394 e. The van der Waals surface area contributed by atoms with E-state index in [1.54, 1.807) is 0 Å². The summed E-state index contributed by atoms with van der Waals surface area (Å²) in [6.45, 7) is 3.48. The topological polar surface area (TPSA) is 32.7 Å². The molecule has 1 aromatic carbocycles. The van der Waals surface area contributed by atoms with Crippen LogP contribution in [0.1, 0.15) is 18.4 Å². The number of likely N-dealkylation sites (tertiary alicyclic amines) is 1. The fourth-order valence-electron chi connectivity index (χ4n) is 2.39. The zero-order valence-corrected chi connectivity index (χ0v) is 10.2. The molecule has 1 aromatic rings. The number of aliphatic hydroxyl groups excluding tert-OH is 1. The molecule has 0 amide bonds. The Kier molecular flexibility index (Phi) is 4.98. The van der Waals surface area contributed by atoms with Crippen LogP contribution < -0.4 is 0 Å². The Hall–Kier alpha value is -0.900. The van der Waals surface area contributed by atoms with Gasteiger partial charge in [-0.05, 0) is 24.9 Å². The lowest BCUT2D eigenvalue weighted by Crippen LogP contribution is -2.33. The van der Waals surface area contributed by atoms with Crippen molar-refractivity contribution in [3.63, 3.8) is 0 Å². The van der Waals surface area contributed by atoms with E-state index >= 15 is 0 Å². The van der Waals surface area contributed by atoms with Gasteiger partial charge in [-0.25, -0.2) is 0 Å². The molecular formula is C14H21NO2. The fourth-order valence-corrected chi connectivity index (χ4v) is 2.39. The smallest absolute Gasteiger partial charge is 0.0698 e. The summed E-state index contributed by atoms with van der Waals surface area (Å²) < 4.78 is 5.44. The molecule has 0 aliphatic carbocycles. The van der Waals surface area contributed by atoms with Gasteiger partial charge in [-0.2, -0.15) is 0 Å². The number of rotatable bonds is 6. The Morgan fingerprint density at radius 3 is 2.88 bits per heavy atom. The summed E-state index contributed by atoms with van der Waals surface area (Å²) >= 11 is 0. The van der Waals surface area contributed by atoms with Crippen molar-refractivity contribution in [2.75, 3.05) is 26.4 Å². The van der Waals surface area contributed by atoms with Crippen LogP contribution in [0.2, 0.25) is 0 Å². The van der Waals surface area contributed by atoms with E-state index in [1.807, 2.05) is 0 Å². The highest BCUT2D eigenvalue weighted by atomic mass is 16.5. The molecule has 0 radical (unpaired) electrons. The third-order valence-electron chi connectivity index (χ3n) is 3.27. The maximum atomic E-state index is 8.70. The fraction of sp³-hybridized carbons (Fsp3) is 0.571. The minimum absolute atomic E-state index is 0.116. The number of hydrogen-bond acceptors (Lipinski definition) is 3. The van der Waals surface area contributed by atoms with Gasteiger partial charge < -0.3 is 9.84 Å². The predicted octanol–water partition coefficient (Wildman–Crippen LogP) is 1.66. The van der Waals surface area contributed by atoms with E-state index in [9.17, 15) is 0 Å². The summed E-state index contributed by atoms with van der Waals surface area (Å²) in [5, 5.41) is 8.70. The highest BCUT2D eigenvalue weighted by Gasteiger charge is 2.24. The van der Waals surface area contributed by atoms with Gasteiger partial charge in [-0.3, -0.25) is 4.90 Å². The molecule has 2 rings (SSSR count). The predicted molar refractivity (Wildman–Crippen MR) is 67.8 cm³/mol. The molecule has 17 heavy (non-hydrogen) atoms. The molecule has 1 atom stereocenters. The van der Waals surface area contributed by atoms with Crippen molar-refractivity contribution in [3.05, 3.63) is 35.9 Å². The maximum Gasteiger partial charge on any atom is 0.0698 e. The first kappa shape index (κ1) is 12.6. The second kappa shape index (κ2) is 6.74. The van der Waals surface area contributed by atoms with Gasteiger partial charge in [0, 0.05) is 12.6 Å². The third-order valence-corrected chi connectivity index (χ3v) is 3.27. The maximum absolute atomic E-state index is 8.70. The first-order valence-electron chi connectivity index (χ1n) is 6.36. The van der Waals surface area contributed by atoms with E-state index in [0.29, 0.717) is 12.6 Å². The summed E-state index contributed by atoms with van der Waals surface area (Å²) in [6.07, 6.45) is 2.46. The van der Waals surface area contributed by atoms with E-state index in [4.69, 9.17) is 9.84 Å². The van der Waals surface area contributed by atoms with Gasteiger partial charge in [0.05, 0.1) is 19.8 Å². The van der Waals surface area contributed by atoms with Gasteiger partial charge in [-0.1, -0.05) is 30.3 Å². The van der Waals surface area contributed by atoms with Crippen LogP contribution in [-0.4, -0.2) is 42.4 Å². The van der Waals surface area contributed by atoms with Crippen LogP contribution in [-0.2, 0) is 11.3 Å². The molecule has 94 valence electrons. The highest BCUT2D eigenvalue weighted by Crippen LogP contribution is 2.20. The van der Waals surface area contributed by atoms with Gasteiger partial charge in [0.25, 0.3) is 0 Å². The minimum atomic E-state index is 0.116. The Bertz CT molecular complexity index is 315. The lowest BCUT2D eigenvalue weighted by atomic mass is 10.2. The number of benzene rings is 1. The normalized spacial score (nSPS) is 20.9. The quantitative estimate of drug-likeness (QED) is 0.761. The molecule has 1 fully saturated rings. The molecule has 0 aromatic heterocycles. The van der Waals surface area contributed by atoms with Gasteiger partial charge in [0.2, 0.25) is 0 Å². The Morgan fingerprint density at radius 2 is 2.12 bits per heavy atom. The monoisotopic (exact) mass is 235 g/mol. The molecule has 1 N–H and O–H groups in total. The molecule has 3 heteroatoms. The number of hydrogen-bond donors (Lipinski definition) is 1. The SMILES string of the molecule is OCCOC[C@@H]1CCCN1Cc1ccccc1. The van der Waals surface area contributed by atoms with Crippen LogP contribution in [0, 0.1) is 0 Å². The first-order chi connectivity index (χ1) is 8.40. The van der Waals surface area contributed by atoms with Crippen molar-refractivity contribution in [1.29, 1.82) is 0 Å². The second-order valence-corrected chi connectivity index (χ2v) is 4.55. The third kappa shape index (κ3) is 3.80. The zero-order valence-electron chi connectivity index (χ0n) is 10.2. The number of aliphatic hydroxyl groups is 1. The van der Waals surface area contributed by atoms with Gasteiger partial charge in [0.15, 0.2) is 0 Å². The molecule has 1 aliphatic heterocycles. The molecule has 0 bridgehead atoms. The van der Waals surface area contributed by atoms with Gasteiger partial charge >= 0.3 is 0 Å². The molecule has 0 spiro atoms. The molecule has 0 saturated carbocycles. The summed E-state index contributed by atoms with van der Waals surface area (Å²) in [5.74, 6) is 0. The van der Waals surface area contributed by atoms with Crippen molar-refractivity contribution in [2.45, 2.75) is 25.4 Å². The average Bonchev–Trinajstić information content (AvgIpc) is 2.79. The summed E-state index contributed by atoms with van der Waals surface area (Å²) in [5.41, 5.74) is 1.36. The molecule has 1 heterocycles. The van der Waals surface area contributed by atoms with E-state index in [0.717, 1.165) is 19.7 Å². The van der Waals surface area contributed by atoms with E-state index in [2.05, 4.69) is 35.2 Å². The van der Waals surface area contributed by atoms with Crippen molar-refractivity contribution in [1.82, 2.24) is 4.90 Å². The van der Waals surface area contributed by atoms with Crippen LogP contribution in [0.4, 0.5) is 0 Å². The Balaban J connectivity index is 1.82. The molecule has 1 saturated heterocycles. The van der Waals surface area contributed by atoms with Gasteiger partial charge in [-0.15, -0.1) is 0 Å². The van der Waals surface area contributed by atoms with Gasteiger partial charge in [0.1, 0.15) is 0 Å². The molecule has 1 aliphatic rings. The Labute approximate surface area is 103 Å². The molecule has 3 nitrogen and oxygen atoms in total. The Morgan fingerprint density at radius 1 is 1.29 bits per heavy atom. The summed E-state index contributed by atoms with van der Waals surface area (Å²) in [4.78, 5) is 2.48. The van der Waals surface area contributed by atoms with Crippen molar-refractivity contribution in [2.24, 2.45) is 0 Å². The van der Waals surface area contributed by atoms with E-state index in [1.165, 1.54) is 18.4 Å². The lowest BCUT2D eigenvalue weighted by Gasteiger charge is -2.24. The summed E-state index contributed by atoms with van der Waals surface area (Å²) in [6, 6.07) is 11.1. The highest BCUT2D eigenvalue weighted by molar-refractivity contribution is 5.14. The van der Waals surface area contributed by atoms with Crippen molar-refractivity contribution >= 4 is 0 Å². The van der Waals surface area contributed by atoms with E-state index < -0.39 is 0 Å². The average molecular weight is 235 g/mol. The van der Waals surface area contributed by atoms with Crippen LogP contribution >= 0.6 is 0 Å². The number of ether oxygens (including phenoxy) is 1. The van der Waals surface area contributed by atoms with Crippen LogP contribution in [0.15, 0.2) is 30.3 Å². The van der Waals surface area contributed by atoms with Crippen molar-refractivity contribution < 1.29 is 9.84 Å². The van der Waals surface area contributed by atoms with Crippen LogP contribution in [0.5, 0.6) is 0 Å². The van der Waals surface area contributed by atoms with Crippen molar-refractivity contribution in [3.8, 4) is 0 Å². The molecular weight excluding hydrogens is 214 g/mol. The molecule has 0 unspecified atom stereocenters. The van der Waals surface area contributed by atoms with Crippen LogP contribution in [0.25, 0.3) is 0 Å². The zero-order chi connectivity index (χ0) is 11.9. The number of nitrogens with zero attached hydrogens (tertiary/aromatic N) is 1. The summed E-state index contributed by atoms with van der Waals surface area (Å²) in [7, 11) is 0. The minimum Gasteiger partial charge on any atom is -0.394 e.